The highest BCUT2D eigenvalue weighted by Crippen LogP contribution is 2.18. The molecule has 0 aromatic heterocycles. The molecule has 0 radical (unpaired) electrons. The molecule has 1 fully saturated rings. The first kappa shape index (κ1) is 7.48. The van der Waals surface area contributed by atoms with E-state index in [4.69, 9.17) is 4.74 Å². The highest BCUT2D eigenvalue weighted by atomic mass is 16.5. The zero-order valence-corrected chi connectivity index (χ0v) is 6.39. The number of ether oxygens (including phenoxy) is 1. The van der Waals surface area contributed by atoms with Gasteiger partial charge in [0.2, 0.25) is 0 Å². The summed E-state index contributed by atoms with van der Waals surface area (Å²) in [4.78, 5) is 10.6. The fourth-order valence-electron chi connectivity index (χ4n) is 1.11. The molecule has 2 heteroatoms. The summed E-state index contributed by atoms with van der Waals surface area (Å²) in [7, 11) is 0. The van der Waals surface area contributed by atoms with Crippen molar-refractivity contribution >= 4 is 5.78 Å². The molecule has 0 N–H and O–H groups in total. The van der Waals surface area contributed by atoms with Crippen LogP contribution in [0.25, 0.3) is 0 Å². The molecule has 10 heavy (non-hydrogen) atoms. The summed E-state index contributed by atoms with van der Waals surface area (Å²) in [5, 5.41) is 0. The zero-order chi connectivity index (χ0) is 7.56. The van der Waals surface area contributed by atoms with Crippen LogP contribution in [-0.2, 0) is 9.53 Å². The lowest BCUT2D eigenvalue weighted by atomic mass is 10.1. The fraction of sp³-hybridized carbons (Fsp3) is 0.625. The van der Waals surface area contributed by atoms with Crippen LogP contribution in [0.4, 0.5) is 0 Å². The van der Waals surface area contributed by atoms with E-state index in [9.17, 15) is 4.79 Å². The van der Waals surface area contributed by atoms with Gasteiger partial charge in [-0.1, -0.05) is 0 Å². The van der Waals surface area contributed by atoms with Crippen molar-refractivity contribution in [3.8, 4) is 0 Å². The second kappa shape index (κ2) is 2.97. The van der Waals surface area contributed by atoms with Crippen molar-refractivity contribution in [2.24, 2.45) is 0 Å². The molecule has 0 aliphatic carbocycles. The molecular weight excluding hydrogens is 128 g/mol. The van der Waals surface area contributed by atoms with Gasteiger partial charge in [0.05, 0.1) is 12.7 Å². The van der Waals surface area contributed by atoms with Crippen LogP contribution in [0.15, 0.2) is 11.6 Å². The zero-order valence-electron chi connectivity index (χ0n) is 6.39. The van der Waals surface area contributed by atoms with Crippen molar-refractivity contribution in [2.45, 2.75) is 26.4 Å². The number of allylic oxidation sites excluding steroid dienone is 1. The Kier molecular flexibility index (Phi) is 2.22. The Morgan fingerprint density at radius 1 is 1.80 bits per heavy atom. The summed E-state index contributed by atoms with van der Waals surface area (Å²) < 4.78 is 5.25. The summed E-state index contributed by atoms with van der Waals surface area (Å²) in [6.07, 6.45) is 2.75. The first-order valence-electron chi connectivity index (χ1n) is 3.53. The largest absolute Gasteiger partial charge is 0.374 e. The second-order valence-corrected chi connectivity index (χ2v) is 2.59. The van der Waals surface area contributed by atoms with E-state index in [0.29, 0.717) is 0 Å². The number of ketones is 1. The minimum Gasteiger partial charge on any atom is -0.374 e. The monoisotopic (exact) mass is 140 g/mol. The van der Waals surface area contributed by atoms with E-state index in [1.165, 1.54) is 0 Å². The van der Waals surface area contributed by atoms with Gasteiger partial charge in [0, 0.05) is 0 Å². The van der Waals surface area contributed by atoms with Crippen molar-refractivity contribution in [3.63, 3.8) is 0 Å². The minimum absolute atomic E-state index is 0.118. The second-order valence-electron chi connectivity index (χ2n) is 2.59. The Balaban J connectivity index is 2.62. The van der Waals surface area contributed by atoms with E-state index in [1.54, 1.807) is 13.0 Å². The van der Waals surface area contributed by atoms with Crippen LogP contribution in [0.1, 0.15) is 20.3 Å². The molecular formula is C8H12O2. The molecule has 1 aliphatic rings. The smallest absolute Gasteiger partial charge is 0.152 e. The Morgan fingerprint density at radius 2 is 2.50 bits per heavy atom. The molecule has 0 aromatic rings. The molecule has 56 valence electrons. The van der Waals surface area contributed by atoms with E-state index in [0.717, 1.165) is 18.6 Å². The van der Waals surface area contributed by atoms with E-state index < -0.39 is 0 Å². The van der Waals surface area contributed by atoms with Gasteiger partial charge in [-0.3, -0.25) is 4.79 Å². The van der Waals surface area contributed by atoms with Gasteiger partial charge >= 0.3 is 0 Å². The predicted molar refractivity (Wildman–Crippen MR) is 38.8 cm³/mol. The first-order chi connectivity index (χ1) is 4.70. The van der Waals surface area contributed by atoms with Gasteiger partial charge in [-0.15, -0.1) is 0 Å². The highest BCUT2D eigenvalue weighted by Gasteiger charge is 2.16. The standard InChI is InChI=1S/C8H12O2/c1-6(9)5-8-3-4-10-7(8)2/h5,7H,3-4H2,1-2H3. The Morgan fingerprint density at radius 3 is 2.90 bits per heavy atom. The number of carbonyl (C=O) groups excluding carboxylic acids is 1. The molecule has 0 amide bonds. The van der Waals surface area contributed by atoms with Crippen LogP contribution in [-0.4, -0.2) is 18.5 Å². The average molecular weight is 140 g/mol. The lowest BCUT2D eigenvalue weighted by Crippen LogP contribution is -2.01. The van der Waals surface area contributed by atoms with Gasteiger partial charge in [0.15, 0.2) is 5.78 Å². The quantitative estimate of drug-likeness (QED) is 0.513. The van der Waals surface area contributed by atoms with Crippen molar-refractivity contribution in [2.75, 3.05) is 6.61 Å². The summed E-state index contributed by atoms with van der Waals surface area (Å²) in [6, 6.07) is 0. The third-order valence-corrected chi connectivity index (χ3v) is 1.67. The minimum atomic E-state index is 0.118. The summed E-state index contributed by atoms with van der Waals surface area (Å²) in [6.45, 7) is 4.31. The summed E-state index contributed by atoms with van der Waals surface area (Å²) >= 11 is 0. The van der Waals surface area contributed by atoms with E-state index in [-0.39, 0.29) is 11.9 Å². The van der Waals surface area contributed by atoms with Crippen LogP contribution in [0.5, 0.6) is 0 Å². The molecule has 0 aromatic carbocycles. The highest BCUT2D eigenvalue weighted by molar-refractivity contribution is 5.88. The molecule has 1 heterocycles. The third kappa shape index (κ3) is 1.67. The number of hydrogen-bond acceptors (Lipinski definition) is 2. The van der Waals surface area contributed by atoms with Gasteiger partial charge in [0.25, 0.3) is 0 Å². The third-order valence-electron chi connectivity index (χ3n) is 1.67. The fourth-order valence-corrected chi connectivity index (χ4v) is 1.11. The number of carbonyl (C=O) groups is 1. The van der Waals surface area contributed by atoms with E-state index in [1.807, 2.05) is 6.92 Å². The first-order valence-corrected chi connectivity index (χ1v) is 3.53. The van der Waals surface area contributed by atoms with Crippen molar-refractivity contribution in [1.82, 2.24) is 0 Å². The predicted octanol–water partition coefficient (Wildman–Crippen LogP) is 1.31. The normalized spacial score (nSPS) is 29.4. The molecule has 1 saturated heterocycles. The van der Waals surface area contributed by atoms with E-state index >= 15 is 0 Å². The summed E-state index contributed by atoms with van der Waals surface area (Å²) in [5.41, 5.74) is 1.13. The van der Waals surface area contributed by atoms with Crippen LogP contribution in [0.2, 0.25) is 0 Å². The number of rotatable bonds is 1. The molecule has 1 aliphatic heterocycles. The average Bonchev–Trinajstić information content (AvgIpc) is 2.15. The van der Waals surface area contributed by atoms with Gasteiger partial charge < -0.3 is 4.74 Å². The van der Waals surface area contributed by atoms with Crippen molar-refractivity contribution in [3.05, 3.63) is 11.6 Å². The molecule has 0 spiro atoms. The Labute approximate surface area is 60.9 Å². The maximum Gasteiger partial charge on any atom is 0.152 e. The molecule has 1 unspecified atom stereocenters. The maximum absolute atomic E-state index is 10.6. The Bertz CT molecular complexity index is 170. The van der Waals surface area contributed by atoms with Gasteiger partial charge in [0.1, 0.15) is 0 Å². The van der Waals surface area contributed by atoms with Crippen molar-refractivity contribution in [1.29, 1.82) is 0 Å². The maximum atomic E-state index is 10.6. The SMILES string of the molecule is CC(=O)C=C1CCOC1C. The van der Waals surface area contributed by atoms with Crippen LogP contribution >= 0.6 is 0 Å². The molecule has 1 atom stereocenters. The Hall–Kier alpha value is -0.630. The van der Waals surface area contributed by atoms with Gasteiger partial charge in [-0.05, 0) is 31.9 Å². The van der Waals surface area contributed by atoms with Crippen molar-refractivity contribution < 1.29 is 9.53 Å². The molecule has 2 nitrogen and oxygen atoms in total. The topological polar surface area (TPSA) is 26.3 Å². The molecule has 1 rings (SSSR count). The lowest BCUT2D eigenvalue weighted by molar-refractivity contribution is -0.112. The molecule has 0 saturated carbocycles. The van der Waals surface area contributed by atoms with Crippen LogP contribution < -0.4 is 0 Å². The lowest BCUT2D eigenvalue weighted by Gasteiger charge is -2.01. The van der Waals surface area contributed by atoms with Gasteiger partial charge in [-0.2, -0.15) is 0 Å². The van der Waals surface area contributed by atoms with Crippen LogP contribution in [0.3, 0.4) is 0 Å². The number of hydrogen-bond donors (Lipinski definition) is 0. The van der Waals surface area contributed by atoms with E-state index in [2.05, 4.69) is 0 Å². The summed E-state index contributed by atoms with van der Waals surface area (Å²) in [5.74, 6) is 0.118. The van der Waals surface area contributed by atoms with Crippen LogP contribution in [0, 0.1) is 0 Å². The molecule has 0 bridgehead atoms. The van der Waals surface area contributed by atoms with Gasteiger partial charge in [-0.25, -0.2) is 0 Å².